The van der Waals surface area contributed by atoms with Gasteiger partial charge in [-0.2, -0.15) is 0 Å². The van der Waals surface area contributed by atoms with Crippen molar-refractivity contribution >= 4 is 0 Å². The maximum absolute atomic E-state index is 6.30. The lowest BCUT2D eigenvalue weighted by Gasteiger charge is -2.42. The first kappa shape index (κ1) is 15.0. The van der Waals surface area contributed by atoms with Gasteiger partial charge < -0.3 is 10.6 Å². The summed E-state index contributed by atoms with van der Waals surface area (Å²) in [5.41, 5.74) is 6.87. The Labute approximate surface area is 108 Å². The number of hydrogen-bond acceptors (Lipinski definition) is 2. The van der Waals surface area contributed by atoms with Gasteiger partial charge in [0.1, 0.15) is 0 Å². The highest BCUT2D eigenvalue weighted by atomic mass is 15.1. The zero-order valence-corrected chi connectivity index (χ0v) is 12.8. The molecule has 17 heavy (non-hydrogen) atoms. The van der Waals surface area contributed by atoms with Crippen molar-refractivity contribution in [2.24, 2.45) is 16.6 Å². The summed E-state index contributed by atoms with van der Waals surface area (Å²) in [5, 5.41) is 0. The maximum atomic E-state index is 6.30. The summed E-state index contributed by atoms with van der Waals surface area (Å²) >= 11 is 0. The van der Waals surface area contributed by atoms with Gasteiger partial charge in [0.05, 0.1) is 0 Å². The van der Waals surface area contributed by atoms with E-state index in [2.05, 4.69) is 46.4 Å². The van der Waals surface area contributed by atoms with Gasteiger partial charge in [-0.05, 0) is 57.0 Å². The minimum atomic E-state index is -0.116. The molecule has 0 aromatic rings. The third-order valence-electron chi connectivity index (χ3n) is 4.80. The topological polar surface area (TPSA) is 29.3 Å². The van der Waals surface area contributed by atoms with Crippen LogP contribution < -0.4 is 5.73 Å². The molecule has 1 saturated heterocycles. The van der Waals surface area contributed by atoms with Crippen molar-refractivity contribution in [2.45, 2.75) is 66.3 Å². The van der Waals surface area contributed by atoms with E-state index in [1.54, 1.807) is 0 Å². The molecule has 0 spiro atoms. The molecule has 0 radical (unpaired) electrons. The maximum Gasteiger partial charge on any atom is 0.0161 e. The first-order chi connectivity index (χ1) is 7.54. The van der Waals surface area contributed by atoms with E-state index in [0.29, 0.717) is 5.41 Å². The van der Waals surface area contributed by atoms with Crippen LogP contribution in [0.3, 0.4) is 0 Å². The predicted molar refractivity (Wildman–Crippen MR) is 76.1 cm³/mol. The zero-order chi connectivity index (χ0) is 13.3. The lowest BCUT2D eigenvalue weighted by molar-refractivity contribution is 0.113. The van der Waals surface area contributed by atoms with E-state index < -0.39 is 0 Å². The summed E-state index contributed by atoms with van der Waals surface area (Å²) in [6.45, 7) is 17.3. The van der Waals surface area contributed by atoms with Gasteiger partial charge in [0.2, 0.25) is 0 Å². The van der Waals surface area contributed by atoms with Crippen LogP contribution in [0.5, 0.6) is 0 Å². The summed E-state index contributed by atoms with van der Waals surface area (Å²) in [4.78, 5) is 2.61. The quantitative estimate of drug-likeness (QED) is 0.820. The molecular formula is C15H32N2. The van der Waals surface area contributed by atoms with E-state index in [-0.39, 0.29) is 11.0 Å². The van der Waals surface area contributed by atoms with Crippen molar-refractivity contribution in [2.75, 3.05) is 19.6 Å². The first-order valence-corrected chi connectivity index (χ1v) is 7.05. The van der Waals surface area contributed by atoms with Crippen LogP contribution in [0.15, 0.2) is 0 Å². The second-order valence-electron chi connectivity index (χ2n) is 7.90. The van der Waals surface area contributed by atoms with Gasteiger partial charge >= 0.3 is 0 Å². The number of nitrogens with zero attached hydrogens (tertiary/aromatic N) is 1. The molecule has 0 amide bonds. The van der Waals surface area contributed by atoms with E-state index in [1.165, 1.54) is 32.4 Å². The van der Waals surface area contributed by atoms with Crippen LogP contribution in [-0.2, 0) is 0 Å². The van der Waals surface area contributed by atoms with Crippen LogP contribution in [0, 0.1) is 10.8 Å². The average Bonchev–Trinajstić information content (AvgIpc) is 2.25. The Morgan fingerprint density at radius 1 is 1.06 bits per heavy atom. The summed E-state index contributed by atoms with van der Waals surface area (Å²) in [6.07, 6.45) is 4.00. The van der Waals surface area contributed by atoms with Crippen LogP contribution in [0.25, 0.3) is 0 Å². The van der Waals surface area contributed by atoms with Crippen molar-refractivity contribution in [3.05, 3.63) is 0 Å². The molecule has 1 aliphatic rings. The Morgan fingerprint density at radius 2 is 1.65 bits per heavy atom. The second kappa shape index (κ2) is 4.89. The summed E-state index contributed by atoms with van der Waals surface area (Å²) < 4.78 is 0. The summed E-state index contributed by atoms with van der Waals surface area (Å²) in [6, 6.07) is 0. The van der Waals surface area contributed by atoms with E-state index in [0.717, 1.165) is 6.54 Å². The smallest absolute Gasteiger partial charge is 0.0161 e. The Balaban J connectivity index is 2.58. The highest BCUT2D eigenvalue weighted by molar-refractivity contribution is 4.93. The standard InChI is InChI=1S/C15H32N2/c1-13(2)8-7-10-17(11-9-13)12-14(3,4)15(5,6)16/h7-12,16H2,1-6H3. The molecule has 0 aliphatic carbocycles. The molecule has 1 rings (SSSR count). The number of rotatable bonds is 3. The van der Waals surface area contributed by atoms with Crippen molar-refractivity contribution in [3.8, 4) is 0 Å². The third-order valence-corrected chi connectivity index (χ3v) is 4.80. The second-order valence-corrected chi connectivity index (χ2v) is 7.90. The molecule has 2 nitrogen and oxygen atoms in total. The molecule has 1 heterocycles. The van der Waals surface area contributed by atoms with Crippen molar-refractivity contribution in [1.29, 1.82) is 0 Å². The zero-order valence-electron chi connectivity index (χ0n) is 12.8. The van der Waals surface area contributed by atoms with E-state index in [4.69, 9.17) is 5.73 Å². The summed E-state index contributed by atoms with van der Waals surface area (Å²) in [5.74, 6) is 0. The molecule has 0 bridgehead atoms. The highest BCUT2D eigenvalue weighted by Crippen LogP contribution is 2.33. The lowest BCUT2D eigenvalue weighted by Crippen LogP contribution is -2.53. The minimum absolute atomic E-state index is 0.116. The third kappa shape index (κ3) is 4.26. The summed E-state index contributed by atoms with van der Waals surface area (Å²) in [7, 11) is 0. The molecule has 102 valence electrons. The van der Waals surface area contributed by atoms with Crippen molar-refractivity contribution < 1.29 is 0 Å². The lowest BCUT2D eigenvalue weighted by atomic mass is 9.75. The highest BCUT2D eigenvalue weighted by Gasteiger charge is 2.35. The van der Waals surface area contributed by atoms with Gasteiger partial charge in [0.25, 0.3) is 0 Å². The Hall–Kier alpha value is -0.0800. The molecule has 0 atom stereocenters. The fourth-order valence-electron chi connectivity index (χ4n) is 2.40. The number of likely N-dealkylation sites (tertiary alicyclic amines) is 1. The van der Waals surface area contributed by atoms with E-state index in [1.807, 2.05) is 0 Å². The van der Waals surface area contributed by atoms with Crippen molar-refractivity contribution in [1.82, 2.24) is 4.90 Å². The van der Waals surface area contributed by atoms with Crippen LogP contribution in [0.2, 0.25) is 0 Å². The van der Waals surface area contributed by atoms with Gasteiger partial charge in [0.15, 0.2) is 0 Å². The van der Waals surface area contributed by atoms with E-state index >= 15 is 0 Å². The minimum Gasteiger partial charge on any atom is -0.325 e. The van der Waals surface area contributed by atoms with Gasteiger partial charge in [-0.1, -0.05) is 27.7 Å². The Morgan fingerprint density at radius 3 is 2.18 bits per heavy atom. The fourth-order valence-corrected chi connectivity index (χ4v) is 2.40. The normalized spacial score (nSPS) is 23.5. The molecule has 0 aromatic carbocycles. The monoisotopic (exact) mass is 240 g/mol. The molecule has 0 unspecified atom stereocenters. The molecular weight excluding hydrogens is 208 g/mol. The van der Waals surface area contributed by atoms with E-state index in [9.17, 15) is 0 Å². The number of nitrogens with two attached hydrogens (primary N) is 1. The number of hydrogen-bond donors (Lipinski definition) is 1. The van der Waals surface area contributed by atoms with Gasteiger partial charge in [-0.3, -0.25) is 0 Å². The van der Waals surface area contributed by atoms with Crippen molar-refractivity contribution in [3.63, 3.8) is 0 Å². The predicted octanol–water partition coefficient (Wildman–Crippen LogP) is 3.26. The Bertz CT molecular complexity index is 248. The SMILES string of the molecule is CC1(C)CCCN(CC(C)(C)C(C)(C)N)CC1. The molecule has 2 heteroatoms. The van der Waals surface area contributed by atoms with Gasteiger partial charge in [0, 0.05) is 12.1 Å². The molecule has 2 N–H and O–H groups in total. The largest absolute Gasteiger partial charge is 0.325 e. The van der Waals surface area contributed by atoms with Crippen LogP contribution >= 0.6 is 0 Å². The molecule has 1 fully saturated rings. The van der Waals surface area contributed by atoms with Gasteiger partial charge in [-0.25, -0.2) is 0 Å². The molecule has 0 saturated carbocycles. The van der Waals surface area contributed by atoms with Gasteiger partial charge in [-0.15, -0.1) is 0 Å². The molecule has 1 aliphatic heterocycles. The first-order valence-electron chi connectivity index (χ1n) is 7.05. The van der Waals surface area contributed by atoms with Crippen LogP contribution in [0.4, 0.5) is 0 Å². The average molecular weight is 240 g/mol. The van der Waals surface area contributed by atoms with Crippen LogP contribution in [0.1, 0.15) is 60.8 Å². The molecule has 0 aromatic heterocycles. The van der Waals surface area contributed by atoms with Crippen LogP contribution in [-0.4, -0.2) is 30.1 Å². The fraction of sp³-hybridized carbons (Fsp3) is 1.00. The Kier molecular flexibility index (Phi) is 4.31.